The van der Waals surface area contributed by atoms with Crippen LogP contribution in [0.15, 0.2) is 121 Å². The van der Waals surface area contributed by atoms with Gasteiger partial charge in [0.1, 0.15) is 23.0 Å². The van der Waals surface area contributed by atoms with Crippen LogP contribution in [0.25, 0.3) is 33.6 Å². The minimum atomic E-state index is 0.517. The molecule has 0 amide bonds. The molecule has 1 aromatic heterocycles. The summed E-state index contributed by atoms with van der Waals surface area (Å²) >= 11 is 0. The summed E-state index contributed by atoms with van der Waals surface area (Å²) in [5, 5.41) is 0. The number of aromatic nitrogens is 1. The Balaban J connectivity index is 1.47. The molecule has 0 unspecified atom stereocenters. The van der Waals surface area contributed by atoms with Crippen LogP contribution in [0.2, 0.25) is 0 Å². The van der Waals surface area contributed by atoms with Gasteiger partial charge in [0.05, 0.1) is 37.8 Å². The molecule has 55 heavy (non-hydrogen) atoms. The van der Waals surface area contributed by atoms with Gasteiger partial charge >= 0.3 is 0 Å². The molecule has 1 heterocycles. The summed E-state index contributed by atoms with van der Waals surface area (Å²) in [4.78, 5) is 7.59. The monoisotopic (exact) mass is 734 g/mol. The first-order valence-corrected chi connectivity index (χ1v) is 19.9. The van der Waals surface area contributed by atoms with Gasteiger partial charge < -0.3 is 23.8 Å². The average Bonchev–Trinajstić information content (AvgIpc) is 3.20. The van der Waals surface area contributed by atoms with Crippen LogP contribution in [0.5, 0.6) is 23.0 Å². The van der Waals surface area contributed by atoms with E-state index in [-0.39, 0.29) is 0 Å². The fourth-order valence-corrected chi connectivity index (χ4v) is 6.92. The lowest BCUT2D eigenvalue weighted by Gasteiger charge is -2.26. The Morgan fingerprint density at radius 3 is 1.20 bits per heavy atom. The van der Waals surface area contributed by atoms with Gasteiger partial charge in [-0.25, -0.2) is 4.98 Å². The number of benzene rings is 5. The van der Waals surface area contributed by atoms with Crippen LogP contribution in [0.3, 0.4) is 0 Å². The Labute approximate surface area is 327 Å². The Morgan fingerprint density at radius 2 is 0.818 bits per heavy atom. The van der Waals surface area contributed by atoms with E-state index < -0.39 is 0 Å². The first-order chi connectivity index (χ1) is 27.0. The maximum absolute atomic E-state index is 6.18. The number of ether oxygens (including phenoxy) is 4. The lowest BCUT2D eigenvalue weighted by molar-refractivity contribution is 0.323. The van der Waals surface area contributed by atoms with E-state index in [9.17, 15) is 0 Å². The molecule has 0 aliphatic rings. The van der Waals surface area contributed by atoms with Gasteiger partial charge in [-0.3, -0.25) is 0 Å². The van der Waals surface area contributed by atoms with Gasteiger partial charge in [-0.1, -0.05) is 63.1 Å². The highest BCUT2D eigenvalue weighted by atomic mass is 16.5. The molecule has 0 fully saturated rings. The topological polar surface area (TPSA) is 53.1 Å². The van der Waals surface area contributed by atoms with Gasteiger partial charge in [0, 0.05) is 40.3 Å². The van der Waals surface area contributed by atoms with Gasteiger partial charge in [0.25, 0.3) is 0 Å². The summed E-state index contributed by atoms with van der Waals surface area (Å²) in [5.74, 6) is 2.97. The molecule has 5 aromatic carbocycles. The highest BCUT2D eigenvalue weighted by Crippen LogP contribution is 2.41. The molecule has 0 spiro atoms. The molecular formula is C49H54N2O4. The normalized spacial score (nSPS) is 10.9. The predicted molar refractivity (Wildman–Crippen MR) is 228 cm³/mol. The zero-order valence-corrected chi connectivity index (χ0v) is 33.2. The largest absolute Gasteiger partial charge is 0.494 e. The third-order valence-corrected chi connectivity index (χ3v) is 9.43. The summed E-state index contributed by atoms with van der Waals surface area (Å²) in [6.07, 6.45) is 4.39. The van der Waals surface area contributed by atoms with E-state index in [4.69, 9.17) is 23.9 Å². The smallest absolute Gasteiger partial charge is 0.132 e. The fraction of sp³-hybridized carbons (Fsp3) is 0.286. The van der Waals surface area contributed by atoms with Crippen molar-refractivity contribution < 1.29 is 18.9 Å². The summed E-state index contributed by atoms with van der Waals surface area (Å²) in [7, 11) is 0. The second-order valence-corrected chi connectivity index (χ2v) is 13.4. The molecule has 6 aromatic rings. The van der Waals surface area contributed by atoms with Crippen LogP contribution in [0.4, 0.5) is 17.1 Å². The van der Waals surface area contributed by atoms with Gasteiger partial charge in [-0.05, 0) is 136 Å². The van der Waals surface area contributed by atoms with Crippen LogP contribution < -0.4 is 23.8 Å². The zero-order valence-electron chi connectivity index (χ0n) is 33.2. The highest BCUT2D eigenvalue weighted by molar-refractivity contribution is 5.83. The zero-order chi connectivity index (χ0) is 38.6. The molecule has 0 N–H and O–H groups in total. The summed E-state index contributed by atoms with van der Waals surface area (Å²) in [5.41, 5.74) is 11.5. The van der Waals surface area contributed by atoms with Crippen molar-refractivity contribution in [3.05, 3.63) is 132 Å². The minimum absolute atomic E-state index is 0.517. The van der Waals surface area contributed by atoms with E-state index in [0.717, 1.165) is 99.4 Å². The fourth-order valence-electron chi connectivity index (χ4n) is 6.92. The quantitative estimate of drug-likeness (QED) is 0.0876. The number of nitrogens with zero attached hydrogens (tertiary/aromatic N) is 2. The Kier molecular flexibility index (Phi) is 13.5. The van der Waals surface area contributed by atoms with Gasteiger partial charge in [0.15, 0.2) is 0 Å². The van der Waals surface area contributed by atoms with Gasteiger partial charge in [-0.2, -0.15) is 0 Å². The summed E-state index contributed by atoms with van der Waals surface area (Å²) in [6, 6.07) is 43.0. The Hall–Kier alpha value is -5.75. The van der Waals surface area contributed by atoms with Crippen LogP contribution in [-0.4, -0.2) is 31.4 Å². The average molecular weight is 735 g/mol. The van der Waals surface area contributed by atoms with Crippen molar-refractivity contribution in [3.8, 4) is 56.6 Å². The van der Waals surface area contributed by atoms with Crippen molar-refractivity contribution in [3.63, 3.8) is 0 Å². The molecule has 0 saturated carbocycles. The van der Waals surface area contributed by atoms with E-state index >= 15 is 0 Å². The summed E-state index contributed by atoms with van der Waals surface area (Å²) < 4.78 is 24.0. The predicted octanol–water partition coefficient (Wildman–Crippen LogP) is 13.1. The van der Waals surface area contributed by atoms with E-state index in [1.807, 2.05) is 64.1 Å². The van der Waals surface area contributed by atoms with Crippen molar-refractivity contribution in [1.82, 2.24) is 4.98 Å². The molecule has 6 heteroatoms. The number of aryl methyl sites for hydroxylation is 2. The van der Waals surface area contributed by atoms with Crippen molar-refractivity contribution in [2.24, 2.45) is 0 Å². The molecule has 0 aliphatic carbocycles. The van der Waals surface area contributed by atoms with Crippen molar-refractivity contribution in [2.45, 2.75) is 67.2 Å². The first kappa shape index (κ1) is 39.0. The molecule has 6 rings (SSSR count). The van der Waals surface area contributed by atoms with Crippen LogP contribution >= 0.6 is 0 Å². The second kappa shape index (κ2) is 19.0. The van der Waals surface area contributed by atoms with Crippen LogP contribution in [0.1, 0.15) is 65.5 Å². The molecule has 0 atom stereocenters. The summed E-state index contributed by atoms with van der Waals surface area (Å²) in [6.45, 7) is 14.6. The van der Waals surface area contributed by atoms with E-state index in [2.05, 4.69) is 104 Å². The SMILES string of the molecule is CCCc1ccc(N(c2ccc(CCC)cc2)c2ccc(-c3cc(-c4ccc(OCC)cc4OCC)nc(-c4ccc(OCC)cc4OCC)c3)cc2)cc1. The molecule has 0 bridgehead atoms. The Morgan fingerprint density at radius 1 is 0.418 bits per heavy atom. The number of hydrogen-bond acceptors (Lipinski definition) is 6. The van der Waals surface area contributed by atoms with Crippen molar-refractivity contribution in [2.75, 3.05) is 31.3 Å². The second-order valence-electron chi connectivity index (χ2n) is 13.4. The number of rotatable bonds is 18. The Bertz CT molecular complexity index is 2000. The van der Waals surface area contributed by atoms with Crippen LogP contribution in [0, 0.1) is 0 Å². The number of hydrogen-bond donors (Lipinski definition) is 0. The maximum atomic E-state index is 6.18. The third kappa shape index (κ3) is 9.50. The van der Waals surface area contributed by atoms with Gasteiger partial charge in [-0.15, -0.1) is 0 Å². The molecule has 0 aliphatic heterocycles. The molecular weight excluding hydrogens is 681 g/mol. The van der Waals surface area contributed by atoms with Crippen molar-refractivity contribution >= 4 is 17.1 Å². The first-order valence-electron chi connectivity index (χ1n) is 19.9. The number of pyridine rings is 1. The minimum Gasteiger partial charge on any atom is -0.494 e. The van der Waals surface area contributed by atoms with E-state index in [1.165, 1.54) is 11.1 Å². The molecule has 284 valence electrons. The lowest BCUT2D eigenvalue weighted by atomic mass is 9.98. The van der Waals surface area contributed by atoms with Crippen LogP contribution in [-0.2, 0) is 12.8 Å². The highest BCUT2D eigenvalue weighted by Gasteiger charge is 2.18. The standard InChI is InChI=1S/C49H54N2O4/c1-7-13-35-15-21-39(22-16-35)51(40-23-17-36(14-8-2)18-24-40)41-25-19-37(20-26-41)38-31-46(44-29-27-42(52-9-3)33-48(44)54-11-5)50-47(32-38)45-30-28-43(53-10-4)34-49(45)55-12-6/h15-34H,7-14H2,1-6H3. The van der Waals surface area contributed by atoms with Crippen molar-refractivity contribution in [1.29, 1.82) is 0 Å². The molecule has 6 nitrogen and oxygen atoms in total. The van der Waals surface area contributed by atoms with E-state index in [1.54, 1.807) is 0 Å². The molecule has 0 saturated heterocycles. The van der Waals surface area contributed by atoms with Gasteiger partial charge in [0.2, 0.25) is 0 Å². The van der Waals surface area contributed by atoms with E-state index in [0.29, 0.717) is 26.4 Å². The lowest BCUT2D eigenvalue weighted by Crippen LogP contribution is -2.10. The third-order valence-electron chi connectivity index (χ3n) is 9.43. The number of anilines is 3. The molecule has 0 radical (unpaired) electrons. The maximum Gasteiger partial charge on any atom is 0.132 e.